The number of nitrogens with two attached hydrogens (primary N) is 1. The summed E-state index contributed by atoms with van der Waals surface area (Å²) in [6, 6.07) is 4.34. The summed E-state index contributed by atoms with van der Waals surface area (Å²) in [5.74, 6) is 0.562. The summed E-state index contributed by atoms with van der Waals surface area (Å²) in [6.07, 6.45) is 4.04. The summed E-state index contributed by atoms with van der Waals surface area (Å²) in [4.78, 5) is 2.25. The molecule has 1 saturated heterocycles. The number of halogens is 1. The Hall–Kier alpha value is -0.930. The minimum absolute atomic E-state index is 0.0551. The van der Waals surface area contributed by atoms with Crippen LogP contribution in [0.15, 0.2) is 12.1 Å². The molecule has 1 heterocycles. The van der Waals surface area contributed by atoms with Gasteiger partial charge in [0.25, 0.3) is 0 Å². The highest BCUT2D eigenvalue weighted by Crippen LogP contribution is 2.37. The summed E-state index contributed by atoms with van der Waals surface area (Å²) in [5.41, 5.74) is 8.81. The van der Waals surface area contributed by atoms with Crippen LogP contribution in [-0.4, -0.2) is 25.0 Å². The molecular weight excluding hydrogens is 227 g/mol. The molecule has 18 heavy (non-hydrogen) atoms. The fraction of sp³-hybridized carbons (Fsp3) is 0.600. The first-order valence-electron chi connectivity index (χ1n) is 6.91. The Morgan fingerprint density at radius 3 is 2.94 bits per heavy atom. The van der Waals surface area contributed by atoms with E-state index in [2.05, 4.69) is 18.0 Å². The molecule has 3 heteroatoms. The summed E-state index contributed by atoms with van der Waals surface area (Å²) >= 11 is 0. The molecule has 2 N–H and O–H groups in total. The first kappa shape index (κ1) is 12.1. The largest absolute Gasteiger partial charge is 0.330 e. The van der Waals surface area contributed by atoms with E-state index < -0.39 is 0 Å². The highest BCUT2D eigenvalue weighted by Gasteiger charge is 2.32. The Morgan fingerprint density at radius 1 is 1.39 bits per heavy atom. The molecule has 2 nitrogen and oxygen atoms in total. The van der Waals surface area contributed by atoms with Crippen molar-refractivity contribution in [2.24, 2.45) is 11.7 Å². The van der Waals surface area contributed by atoms with Gasteiger partial charge in [0.05, 0.1) is 0 Å². The number of nitrogens with zero attached hydrogens (tertiary/aromatic N) is 1. The van der Waals surface area contributed by atoms with Gasteiger partial charge in [0, 0.05) is 18.2 Å². The molecule has 1 aromatic carbocycles. The molecule has 1 fully saturated rings. The van der Waals surface area contributed by atoms with Gasteiger partial charge in [0.2, 0.25) is 0 Å². The van der Waals surface area contributed by atoms with Crippen LogP contribution in [0.1, 0.15) is 35.6 Å². The van der Waals surface area contributed by atoms with Crippen LogP contribution in [0.25, 0.3) is 0 Å². The van der Waals surface area contributed by atoms with E-state index in [1.807, 2.05) is 6.07 Å². The monoisotopic (exact) mass is 248 g/mol. The van der Waals surface area contributed by atoms with Crippen molar-refractivity contribution in [2.45, 2.75) is 31.7 Å². The Balaban J connectivity index is 1.93. The molecule has 0 radical (unpaired) electrons. The third kappa shape index (κ3) is 1.86. The number of likely N-dealkylation sites (tertiary alicyclic amines) is 1. The fourth-order valence-corrected chi connectivity index (χ4v) is 3.54. The molecular formula is C15H21FN2. The maximum atomic E-state index is 14.6. The molecule has 0 amide bonds. The standard InChI is InChI=1S/C15H21FN2/c1-18-9-10(8-17)7-14(18)13-6-5-11-3-2-4-12(11)15(13)16/h5-6,10,14H,2-4,7-9,17H2,1H3. The number of rotatable bonds is 2. The molecule has 1 aliphatic heterocycles. The number of hydrogen-bond acceptors (Lipinski definition) is 2. The predicted molar refractivity (Wildman–Crippen MR) is 71.0 cm³/mol. The second kappa shape index (κ2) is 4.63. The maximum absolute atomic E-state index is 14.6. The van der Waals surface area contributed by atoms with Gasteiger partial charge in [-0.15, -0.1) is 0 Å². The lowest BCUT2D eigenvalue weighted by Gasteiger charge is -2.21. The average molecular weight is 248 g/mol. The molecule has 2 aliphatic rings. The number of aryl methyl sites for hydroxylation is 1. The van der Waals surface area contributed by atoms with Crippen molar-refractivity contribution < 1.29 is 4.39 Å². The van der Waals surface area contributed by atoms with Gasteiger partial charge in [0.15, 0.2) is 0 Å². The zero-order valence-corrected chi connectivity index (χ0v) is 11.0. The zero-order chi connectivity index (χ0) is 12.7. The number of fused-ring (bicyclic) bond motifs is 1. The lowest BCUT2D eigenvalue weighted by atomic mass is 9.96. The van der Waals surface area contributed by atoms with Gasteiger partial charge in [-0.1, -0.05) is 12.1 Å². The van der Waals surface area contributed by atoms with E-state index in [-0.39, 0.29) is 11.9 Å². The molecule has 1 aliphatic carbocycles. The third-order valence-electron chi connectivity index (χ3n) is 4.57. The van der Waals surface area contributed by atoms with Crippen molar-refractivity contribution in [3.8, 4) is 0 Å². The van der Waals surface area contributed by atoms with E-state index >= 15 is 0 Å². The molecule has 98 valence electrons. The Kier molecular flexibility index (Phi) is 3.12. The second-order valence-electron chi connectivity index (χ2n) is 5.75. The highest BCUT2D eigenvalue weighted by molar-refractivity contribution is 5.38. The van der Waals surface area contributed by atoms with Gasteiger partial charge in [0.1, 0.15) is 5.82 Å². The van der Waals surface area contributed by atoms with Gasteiger partial charge >= 0.3 is 0 Å². The topological polar surface area (TPSA) is 29.3 Å². The van der Waals surface area contributed by atoms with Gasteiger partial charge in [-0.05, 0) is 56.3 Å². The van der Waals surface area contributed by atoms with Crippen LogP contribution in [0.2, 0.25) is 0 Å². The molecule has 2 atom stereocenters. The molecule has 0 aromatic heterocycles. The number of hydrogen-bond donors (Lipinski definition) is 1. The maximum Gasteiger partial charge on any atom is 0.131 e. The van der Waals surface area contributed by atoms with Crippen LogP contribution >= 0.6 is 0 Å². The SMILES string of the molecule is CN1CC(CN)CC1c1ccc2c(c1F)CCC2. The Labute approximate surface area is 108 Å². The van der Waals surface area contributed by atoms with Crippen molar-refractivity contribution >= 4 is 0 Å². The van der Waals surface area contributed by atoms with Crippen LogP contribution in [-0.2, 0) is 12.8 Å². The van der Waals surface area contributed by atoms with E-state index in [0.29, 0.717) is 12.5 Å². The van der Waals surface area contributed by atoms with Crippen molar-refractivity contribution in [3.05, 3.63) is 34.6 Å². The van der Waals surface area contributed by atoms with Crippen molar-refractivity contribution in [2.75, 3.05) is 20.1 Å². The quantitative estimate of drug-likeness (QED) is 0.870. The Bertz CT molecular complexity index is 458. The Morgan fingerprint density at radius 2 is 2.22 bits per heavy atom. The molecule has 2 unspecified atom stereocenters. The van der Waals surface area contributed by atoms with E-state index in [9.17, 15) is 4.39 Å². The zero-order valence-electron chi connectivity index (χ0n) is 11.0. The summed E-state index contributed by atoms with van der Waals surface area (Å²) in [6.45, 7) is 1.69. The lowest BCUT2D eigenvalue weighted by molar-refractivity contribution is 0.306. The van der Waals surface area contributed by atoms with Crippen LogP contribution in [0.4, 0.5) is 4.39 Å². The van der Waals surface area contributed by atoms with Gasteiger partial charge in [-0.25, -0.2) is 4.39 Å². The smallest absolute Gasteiger partial charge is 0.131 e. The molecule has 3 rings (SSSR count). The van der Waals surface area contributed by atoms with Crippen LogP contribution in [0, 0.1) is 11.7 Å². The van der Waals surface area contributed by atoms with E-state index in [0.717, 1.165) is 43.4 Å². The van der Waals surface area contributed by atoms with Gasteiger partial charge in [-0.2, -0.15) is 0 Å². The average Bonchev–Trinajstić information content (AvgIpc) is 2.96. The van der Waals surface area contributed by atoms with Crippen LogP contribution in [0.3, 0.4) is 0 Å². The number of benzene rings is 1. The van der Waals surface area contributed by atoms with Crippen LogP contribution < -0.4 is 5.73 Å². The molecule has 0 spiro atoms. The van der Waals surface area contributed by atoms with E-state index in [1.165, 1.54) is 5.56 Å². The highest BCUT2D eigenvalue weighted by atomic mass is 19.1. The normalized spacial score (nSPS) is 27.7. The fourth-order valence-electron chi connectivity index (χ4n) is 3.54. The summed E-state index contributed by atoms with van der Waals surface area (Å²) in [7, 11) is 2.08. The molecule has 0 bridgehead atoms. The van der Waals surface area contributed by atoms with Gasteiger partial charge in [-0.3, -0.25) is 4.90 Å². The second-order valence-corrected chi connectivity index (χ2v) is 5.75. The summed E-state index contributed by atoms with van der Waals surface area (Å²) < 4.78 is 14.6. The van der Waals surface area contributed by atoms with Crippen molar-refractivity contribution in [1.82, 2.24) is 4.90 Å². The van der Waals surface area contributed by atoms with E-state index in [4.69, 9.17) is 5.73 Å². The van der Waals surface area contributed by atoms with Crippen molar-refractivity contribution in [1.29, 1.82) is 0 Å². The third-order valence-corrected chi connectivity index (χ3v) is 4.57. The first-order chi connectivity index (χ1) is 8.70. The van der Waals surface area contributed by atoms with Crippen molar-refractivity contribution in [3.63, 3.8) is 0 Å². The molecule has 1 aromatic rings. The minimum Gasteiger partial charge on any atom is -0.330 e. The summed E-state index contributed by atoms with van der Waals surface area (Å²) in [5, 5.41) is 0. The minimum atomic E-state index is 0.0551. The lowest BCUT2D eigenvalue weighted by Crippen LogP contribution is -2.21. The van der Waals surface area contributed by atoms with Gasteiger partial charge < -0.3 is 5.73 Å². The predicted octanol–water partition coefficient (Wildman–Crippen LogP) is 2.27. The van der Waals surface area contributed by atoms with E-state index in [1.54, 1.807) is 0 Å². The molecule has 0 saturated carbocycles. The first-order valence-corrected chi connectivity index (χ1v) is 6.91. The van der Waals surface area contributed by atoms with Crippen LogP contribution in [0.5, 0.6) is 0 Å².